The molecule has 0 heterocycles. The fourth-order valence-corrected chi connectivity index (χ4v) is 2.50. The first-order valence-corrected chi connectivity index (χ1v) is 8.33. The molecule has 2 rings (SSSR count). The molecule has 2 N–H and O–H groups in total. The molecular weight excluding hydrogens is 355 g/mol. The fourth-order valence-electron chi connectivity index (χ4n) is 2.20. The van der Waals surface area contributed by atoms with E-state index >= 15 is 0 Å². The lowest BCUT2D eigenvalue weighted by atomic mass is 10.1. The molecule has 1 unspecified atom stereocenters. The van der Waals surface area contributed by atoms with E-state index in [9.17, 15) is 4.79 Å². The SMILES string of the molecule is C=C/C=C(\C=C)NC(=O)C(Nc1ccc(Cl)c(Cl)c1)c1ccccc1. The first-order valence-electron chi connectivity index (χ1n) is 7.57. The van der Waals surface area contributed by atoms with Gasteiger partial charge >= 0.3 is 0 Å². The second-order valence-electron chi connectivity index (χ2n) is 5.17. The highest BCUT2D eigenvalue weighted by molar-refractivity contribution is 6.42. The van der Waals surface area contributed by atoms with Gasteiger partial charge in [-0.15, -0.1) is 0 Å². The zero-order valence-electron chi connectivity index (χ0n) is 13.5. The van der Waals surface area contributed by atoms with Crippen molar-refractivity contribution >= 4 is 34.8 Å². The van der Waals surface area contributed by atoms with Crippen molar-refractivity contribution < 1.29 is 4.79 Å². The Labute approximate surface area is 157 Å². The van der Waals surface area contributed by atoms with Gasteiger partial charge in [-0.3, -0.25) is 4.79 Å². The van der Waals surface area contributed by atoms with Crippen LogP contribution in [0.25, 0.3) is 0 Å². The first kappa shape index (κ1) is 18.8. The second kappa shape index (κ2) is 9.11. The van der Waals surface area contributed by atoms with E-state index in [4.69, 9.17) is 23.2 Å². The quantitative estimate of drug-likeness (QED) is 0.628. The lowest BCUT2D eigenvalue weighted by Crippen LogP contribution is -2.32. The van der Waals surface area contributed by atoms with Crippen molar-refractivity contribution in [2.45, 2.75) is 6.04 Å². The molecule has 1 atom stereocenters. The van der Waals surface area contributed by atoms with Crippen LogP contribution in [0.1, 0.15) is 11.6 Å². The van der Waals surface area contributed by atoms with Crippen molar-refractivity contribution in [1.82, 2.24) is 5.32 Å². The smallest absolute Gasteiger partial charge is 0.251 e. The minimum Gasteiger partial charge on any atom is -0.370 e. The van der Waals surface area contributed by atoms with Crippen molar-refractivity contribution in [2.75, 3.05) is 5.32 Å². The van der Waals surface area contributed by atoms with Crippen LogP contribution in [0.3, 0.4) is 0 Å². The van der Waals surface area contributed by atoms with Crippen LogP contribution in [0, 0.1) is 0 Å². The molecule has 2 aromatic carbocycles. The van der Waals surface area contributed by atoms with Crippen molar-refractivity contribution in [1.29, 1.82) is 0 Å². The Hall–Kier alpha value is -2.49. The Morgan fingerprint density at radius 2 is 1.76 bits per heavy atom. The number of allylic oxidation sites excluding steroid dienone is 3. The van der Waals surface area contributed by atoms with Gasteiger partial charge in [-0.1, -0.05) is 72.8 Å². The van der Waals surface area contributed by atoms with Gasteiger partial charge < -0.3 is 10.6 Å². The molecule has 2 aromatic rings. The van der Waals surface area contributed by atoms with E-state index < -0.39 is 6.04 Å². The number of hydrogen-bond acceptors (Lipinski definition) is 2. The lowest BCUT2D eigenvalue weighted by molar-refractivity contribution is -0.121. The minimum atomic E-state index is -0.619. The Balaban J connectivity index is 2.31. The minimum absolute atomic E-state index is 0.231. The maximum Gasteiger partial charge on any atom is 0.251 e. The van der Waals surface area contributed by atoms with E-state index in [1.807, 2.05) is 30.3 Å². The molecule has 128 valence electrons. The van der Waals surface area contributed by atoms with Crippen molar-refractivity contribution in [2.24, 2.45) is 0 Å². The zero-order chi connectivity index (χ0) is 18.2. The summed E-state index contributed by atoms with van der Waals surface area (Å²) in [4.78, 5) is 12.8. The maximum atomic E-state index is 12.8. The lowest BCUT2D eigenvalue weighted by Gasteiger charge is -2.20. The molecule has 0 bridgehead atoms. The predicted molar refractivity (Wildman–Crippen MR) is 106 cm³/mol. The number of halogens is 2. The number of rotatable bonds is 7. The van der Waals surface area contributed by atoms with E-state index in [-0.39, 0.29) is 5.91 Å². The summed E-state index contributed by atoms with van der Waals surface area (Å²) in [6.07, 6.45) is 4.81. The highest BCUT2D eigenvalue weighted by Crippen LogP contribution is 2.27. The molecule has 0 aliphatic heterocycles. The third-order valence-corrected chi connectivity index (χ3v) is 4.15. The average molecular weight is 373 g/mol. The molecule has 0 spiro atoms. The van der Waals surface area contributed by atoms with E-state index in [0.717, 1.165) is 5.56 Å². The number of carbonyl (C=O) groups excluding carboxylic acids is 1. The Kier molecular flexibility index (Phi) is 6.87. The molecule has 0 aliphatic rings. The van der Waals surface area contributed by atoms with Crippen LogP contribution in [0.2, 0.25) is 10.0 Å². The monoisotopic (exact) mass is 372 g/mol. The highest BCUT2D eigenvalue weighted by atomic mass is 35.5. The summed E-state index contributed by atoms with van der Waals surface area (Å²) in [5.41, 5.74) is 2.07. The summed E-state index contributed by atoms with van der Waals surface area (Å²) < 4.78 is 0. The molecule has 25 heavy (non-hydrogen) atoms. The summed E-state index contributed by atoms with van der Waals surface area (Å²) in [7, 11) is 0. The van der Waals surface area contributed by atoms with E-state index in [2.05, 4.69) is 23.8 Å². The molecule has 3 nitrogen and oxygen atoms in total. The number of anilines is 1. The molecule has 0 saturated carbocycles. The van der Waals surface area contributed by atoms with Crippen LogP contribution in [0.15, 0.2) is 85.6 Å². The Morgan fingerprint density at radius 3 is 2.36 bits per heavy atom. The van der Waals surface area contributed by atoms with Crippen LogP contribution in [0.5, 0.6) is 0 Å². The van der Waals surface area contributed by atoms with Crippen LogP contribution in [-0.2, 0) is 4.79 Å². The van der Waals surface area contributed by atoms with Gasteiger partial charge in [0.1, 0.15) is 6.04 Å². The van der Waals surface area contributed by atoms with E-state index in [0.29, 0.717) is 21.4 Å². The van der Waals surface area contributed by atoms with Gasteiger partial charge in [0, 0.05) is 11.4 Å². The summed E-state index contributed by atoms with van der Waals surface area (Å²) in [5, 5.41) is 6.88. The molecule has 5 heteroatoms. The number of carbonyl (C=O) groups is 1. The van der Waals surface area contributed by atoms with Gasteiger partial charge in [-0.05, 0) is 35.9 Å². The number of nitrogens with one attached hydrogen (secondary N) is 2. The fraction of sp³-hybridized carbons (Fsp3) is 0.0500. The number of amides is 1. The van der Waals surface area contributed by atoms with E-state index in [1.54, 1.807) is 36.4 Å². The van der Waals surface area contributed by atoms with Crippen molar-refractivity contribution in [3.8, 4) is 0 Å². The summed E-state index contributed by atoms with van der Waals surface area (Å²) in [6, 6.07) is 13.9. The third-order valence-electron chi connectivity index (χ3n) is 3.41. The van der Waals surface area contributed by atoms with Gasteiger partial charge in [0.25, 0.3) is 5.91 Å². The molecule has 0 radical (unpaired) electrons. The van der Waals surface area contributed by atoms with Crippen LogP contribution in [0.4, 0.5) is 5.69 Å². The largest absolute Gasteiger partial charge is 0.370 e. The number of benzene rings is 2. The first-order chi connectivity index (χ1) is 12.0. The number of hydrogen-bond donors (Lipinski definition) is 2. The molecule has 0 fully saturated rings. The molecule has 1 amide bonds. The standard InChI is InChI=1S/C20H18Cl2N2O/c1-3-8-15(4-2)24-20(25)19(14-9-6-5-7-10-14)23-16-11-12-17(21)18(22)13-16/h3-13,19,23H,1-2H2,(H,24,25)/b15-8+. The van der Waals surface area contributed by atoms with Gasteiger partial charge in [0.2, 0.25) is 0 Å². The Morgan fingerprint density at radius 1 is 1.04 bits per heavy atom. The van der Waals surface area contributed by atoms with Crippen molar-refractivity contribution in [3.05, 3.63) is 101 Å². The molecule has 0 aromatic heterocycles. The highest BCUT2D eigenvalue weighted by Gasteiger charge is 2.21. The third kappa shape index (κ3) is 5.24. The summed E-state index contributed by atoms with van der Waals surface area (Å²) in [6.45, 7) is 7.31. The van der Waals surface area contributed by atoms with Gasteiger partial charge in [-0.2, -0.15) is 0 Å². The molecular formula is C20H18Cl2N2O. The molecule has 0 aliphatic carbocycles. The van der Waals surface area contributed by atoms with Gasteiger partial charge in [-0.25, -0.2) is 0 Å². The van der Waals surface area contributed by atoms with Gasteiger partial charge in [0.15, 0.2) is 0 Å². The van der Waals surface area contributed by atoms with Crippen molar-refractivity contribution in [3.63, 3.8) is 0 Å². The zero-order valence-corrected chi connectivity index (χ0v) is 15.0. The average Bonchev–Trinajstić information content (AvgIpc) is 2.62. The Bertz CT molecular complexity index is 801. The van der Waals surface area contributed by atoms with E-state index in [1.165, 1.54) is 0 Å². The summed E-state index contributed by atoms with van der Waals surface area (Å²) >= 11 is 12.0. The van der Waals surface area contributed by atoms with Crippen LogP contribution in [-0.4, -0.2) is 5.91 Å². The van der Waals surface area contributed by atoms with Crippen LogP contribution < -0.4 is 10.6 Å². The second-order valence-corrected chi connectivity index (χ2v) is 5.98. The predicted octanol–water partition coefficient (Wildman–Crippen LogP) is 5.52. The normalized spacial score (nSPS) is 12.2. The molecule has 0 saturated heterocycles. The van der Waals surface area contributed by atoms with Crippen LogP contribution >= 0.6 is 23.2 Å². The van der Waals surface area contributed by atoms with Gasteiger partial charge in [0.05, 0.1) is 10.0 Å². The topological polar surface area (TPSA) is 41.1 Å². The summed E-state index contributed by atoms with van der Waals surface area (Å²) in [5.74, 6) is -0.231. The maximum absolute atomic E-state index is 12.8.